The van der Waals surface area contributed by atoms with E-state index in [2.05, 4.69) is 10.3 Å². The third kappa shape index (κ3) is 4.53. The number of nitrogens with zero attached hydrogens (tertiary/aromatic N) is 1. The second-order valence-electron chi connectivity index (χ2n) is 5.23. The zero-order valence-electron chi connectivity index (χ0n) is 13.0. The van der Waals surface area contributed by atoms with E-state index >= 15 is 0 Å². The molecule has 3 aromatic rings. The van der Waals surface area contributed by atoms with E-state index in [0.717, 1.165) is 18.0 Å². The molecule has 1 amide bonds. The van der Waals surface area contributed by atoms with Gasteiger partial charge in [0.15, 0.2) is 15.4 Å². The molecule has 0 bridgehead atoms. The van der Waals surface area contributed by atoms with Crippen LogP contribution in [0.3, 0.4) is 0 Å². The maximum Gasteiger partial charge on any atom is 0.257 e. The van der Waals surface area contributed by atoms with Crippen LogP contribution in [0, 0.1) is 0 Å². The van der Waals surface area contributed by atoms with Gasteiger partial charge < -0.3 is 9.73 Å². The van der Waals surface area contributed by atoms with E-state index in [-0.39, 0.29) is 16.6 Å². The average molecular weight is 397 g/mol. The molecular formula is C16H13ClN2O4S2. The molecule has 0 aliphatic heterocycles. The molecule has 25 heavy (non-hydrogen) atoms. The van der Waals surface area contributed by atoms with Gasteiger partial charge in [-0.3, -0.25) is 4.79 Å². The minimum atomic E-state index is -3.33. The molecule has 130 valence electrons. The van der Waals surface area contributed by atoms with Crippen LogP contribution in [0.15, 0.2) is 57.0 Å². The number of nitrogens with one attached hydrogen (secondary N) is 1. The number of sulfone groups is 1. The van der Waals surface area contributed by atoms with E-state index in [4.69, 9.17) is 16.0 Å². The Labute approximate surface area is 153 Å². The van der Waals surface area contributed by atoms with Gasteiger partial charge in [-0.05, 0) is 30.3 Å². The second-order valence-corrected chi connectivity index (χ2v) is 8.61. The molecule has 0 aliphatic rings. The van der Waals surface area contributed by atoms with E-state index in [1.165, 1.54) is 12.1 Å². The van der Waals surface area contributed by atoms with Crippen molar-refractivity contribution in [3.8, 4) is 0 Å². The summed E-state index contributed by atoms with van der Waals surface area (Å²) in [5.74, 6) is -0.222. The molecule has 0 saturated carbocycles. The first-order valence-electron chi connectivity index (χ1n) is 7.10. The lowest BCUT2D eigenvalue weighted by Crippen LogP contribution is -2.14. The predicted octanol–water partition coefficient (Wildman–Crippen LogP) is 3.62. The summed E-state index contributed by atoms with van der Waals surface area (Å²) < 4.78 is 28.6. The van der Waals surface area contributed by atoms with E-state index in [1.807, 2.05) is 0 Å². The standard InChI is InChI=1S/C16H13ClN2O4S2/c1-25(21,22)12-4-2-3-11(8-12)18-15(20)9-24-16-19-13-6-5-10(17)7-14(13)23-16/h2-8H,9H2,1H3,(H,18,20). The van der Waals surface area contributed by atoms with E-state index < -0.39 is 9.84 Å². The van der Waals surface area contributed by atoms with Gasteiger partial charge in [0.05, 0.1) is 10.6 Å². The van der Waals surface area contributed by atoms with Crippen LogP contribution in [-0.2, 0) is 14.6 Å². The zero-order valence-corrected chi connectivity index (χ0v) is 15.4. The molecule has 9 heteroatoms. The summed E-state index contributed by atoms with van der Waals surface area (Å²) >= 11 is 7.03. The van der Waals surface area contributed by atoms with Crippen molar-refractivity contribution in [2.24, 2.45) is 0 Å². The molecule has 0 spiro atoms. The van der Waals surface area contributed by atoms with Crippen LogP contribution in [0.2, 0.25) is 5.02 Å². The van der Waals surface area contributed by atoms with E-state index in [1.54, 1.807) is 30.3 Å². The van der Waals surface area contributed by atoms with Crippen molar-refractivity contribution in [1.29, 1.82) is 0 Å². The number of hydrogen-bond donors (Lipinski definition) is 1. The lowest BCUT2D eigenvalue weighted by Gasteiger charge is -2.05. The highest BCUT2D eigenvalue weighted by Gasteiger charge is 2.12. The van der Waals surface area contributed by atoms with Gasteiger partial charge in [0.2, 0.25) is 5.91 Å². The Bertz CT molecular complexity index is 1050. The number of benzene rings is 2. The summed E-state index contributed by atoms with van der Waals surface area (Å²) in [6.45, 7) is 0. The number of hydrogen-bond acceptors (Lipinski definition) is 6. The Morgan fingerprint density at radius 3 is 2.84 bits per heavy atom. The van der Waals surface area contributed by atoms with Crippen LogP contribution in [0.5, 0.6) is 0 Å². The minimum absolute atomic E-state index is 0.0731. The van der Waals surface area contributed by atoms with Gasteiger partial charge in [0.25, 0.3) is 5.22 Å². The zero-order chi connectivity index (χ0) is 18.0. The Hall–Kier alpha value is -2.03. The van der Waals surface area contributed by atoms with Crippen LogP contribution in [0.1, 0.15) is 0 Å². The molecule has 0 saturated heterocycles. The minimum Gasteiger partial charge on any atom is -0.431 e. The number of carbonyl (C=O) groups excluding carboxylic acids is 1. The summed E-state index contributed by atoms with van der Waals surface area (Å²) in [6, 6.07) is 11.2. The summed E-state index contributed by atoms with van der Waals surface area (Å²) in [5, 5.41) is 3.56. The van der Waals surface area contributed by atoms with Crippen LogP contribution < -0.4 is 5.32 Å². The fraction of sp³-hybridized carbons (Fsp3) is 0.125. The number of amides is 1. The molecule has 0 atom stereocenters. The Morgan fingerprint density at radius 1 is 1.28 bits per heavy atom. The highest BCUT2D eigenvalue weighted by Crippen LogP contribution is 2.25. The number of aromatic nitrogens is 1. The smallest absolute Gasteiger partial charge is 0.257 e. The third-order valence-corrected chi connectivity index (χ3v) is 5.38. The van der Waals surface area contributed by atoms with Gasteiger partial charge in [-0.1, -0.05) is 29.4 Å². The van der Waals surface area contributed by atoms with Gasteiger partial charge >= 0.3 is 0 Å². The van der Waals surface area contributed by atoms with Crippen LogP contribution in [0.25, 0.3) is 11.1 Å². The molecule has 2 aromatic carbocycles. The van der Waals surface area contributed by atoms with Crippen LogP contribution >= 0.6 is 23.4 Å². The van der Waals surface area contributed by atoms with Crippen molar-refractivity contribution >= 4 is 55.9 Å². The summed E-state index contributed by atoms with van der Waals surface area (Å²) in [7, 11) is -3.33. The number of oxazole rings is 1. The van der Waals surface area contributed by atoms with Crippen molar-refractivity contribution in [1.82, 2.24) is 4.98 Å². The topological polar surface area (TPSA) is 89.3 Å². The second kappa shape index (κ2) is 7.07. The van der Waals surface area contributed by atoms with Gasteiger partial charge in [-0.25, -0.2) is 13.4 Å². The fourth-order valence-corrected chi connectivity index (χ4v) is 3.54. The lowest BCUT2D eigenvalue weighted by atomic mass is 10.3. The number of halogens is 1. The highest BCUT2D eigenvalue weighted by atomic mass is 35.5. The van der Waals surface area contributed by atoms with E-state index in [9.17, 15) is 13.2 Å². The molecule has 0 aliphatic carbocycles. The highest BCUT2D eigenvalue weighted by molar-refractivity contribution is 7.99. The Balaban J connectivity index is 1.64. The van der Waals surface area contributed by atoms with Crippen molar-refractivity contribution in [3.05, 3.63) is 47.5 Å². The summed E-state index contributed by atoms with van der Waals surface area (Å²) in [4.78, 5) is 16.4. The van der Waals surface area contributed by atoms with Gasteiger partial charge in [-0.2, -0.15) is 0 Å². The molecule has 0 radical (unpaired) electrons. The Morgan fingerprint density at radius 2 is 2.08 bits per heavy atom. The average Bonchev–Trinajstić information content (AvgIpc) is 2.94. The van der Waals surface area contributed by atoms with Gasteiger partial charge in [0, 0.05) is 23.0 Å². The quantitative estimate of drug-likeness (QED) is 0.662. The molecule has 3 rings (SSSR count). The molecule has 1 heterocycles. The fourth-order valence-electron chi connectivity index (χ4n) is 2.07. The molecule has 1 aromatic heterocycles. The third-order valence-electron chi connectivity index (χ3n) is 3.20. The molecule has 0 unspecified atom stereocenters. The number of anilines is 1. The normalized spacial score (nSPS) is 11.6. The van der Waals surface area contributed by atoms with Gasteiger partial charge in [0.1, 0.15) is 5.52 Å². The van der Waals surface area contributed by atoms with E-state index in [0.29, 0.717) is 27.0 Å². The number of thioether (sulfide) groups is 1. The maximum atomic E-state index is 12.0. The Kier molecular flexibility index (Phi) is 5.03. The monoisotopic (exact) mass is 396 g/mol. The SMILES string of the molecule is CS(=O)(=O)c1cccc(NC(=O)CSc2nc3ccc(Cl)cc3o2)c1. The number of rotatable bonds is 5. The van der Waals surface area contributed by atoms with Crippen LogP contribution in [-0.4, -0.2) is 31.3 Å². The maximum absolute atomic E-state index is 12.0. The summed E-state index contributed by atoms with van der Waals surface area (Å²) in [5.41, 5.74) is 1.63. The van der Waals surface area contributed by atoms with Crippen molar-refractivity contribution < 1.29 is 17.6 Å². The number of carbonyl (C=O) groups is 1. The molecule has 6 nitrogen and oxygen atoms in total. The first kappa shape index (κ1) is 17.8. The van der Waals surface area contributed by atoms with Gasteiger partial charge in [-0.15, -0.1) is 0 Å². The van der Waals surface area contributed by atoms with Crippen molar-refractivity contribution in [3.63, 3.8) is 0 Å². The van der Waals surface area contributed by atoms with Crippen molar-refractivity contribution in [2.45, 2.75) is 10.1 Å². The molecule has 1 N–H and O–H groups in total. The largest absolute Gasteiger partial charge is 0.431 e. The van der Waals surface area contributed by atoms with Crippen molar-refractivity contribution in [2.75, 3.05) is 17.3 Å². The summed E-state index contributed by atoms with van der Waals surface area (Å²) in [6.07, 6.45) is 1.11. The molecule has 0 fully saturated rings. The molecular weight excluding hydrogens is 384 g/mol. The lowest BCUT2D eigenvalue weighted by molar-refractivity contribution is -0.113. The predicted molar refractivity (Wildman–Crippen MR) is 97.9 cm³/mol. The number of fused-ring (bicyclic) bond motifs is 1. The first-order valence-corrected chi connectivity index (χ1v) is 10.4. The van der Waals surface area contributed by atoms with Crippen LogP contribution in [0.4, 0.5) is 5.69 Å². The first-order chi connectivity index (χ1) is 11.8.